The lowest BCUT2D eigenvalue weighted by atomic mass is 10.0. The van der Waals surface area contributed by atoms with Crippen LogP contribution in [-0.2, 0) is 16.1 Å². The van der Waals surface area contributed by atoms with Gasteiger partial charge in [-0.25, -0.2) is 9.59 Å². The minimum Gasteiger partial charge on any atom is -0.473 e. The molecule has 3 heterocycles. The normalized spacial score (nSPS) is 19.0. The number of para-hydroxylation sites is 1. The van der Waals surface area contributed by atoms with E-state index in [1.54, 1.807) is 0 Å². The first-order chi connectivity index (χ1) is 13.0. The van der Waals surface area contributed by atoms with E-state index < -0.39 is 11.9 Å². The molecule has 0 unspecified atom stereocenters. The van der Waals surface area contributed by atoms with Gasteiger partial charge in [-0.05, 0) is 63.5 Å². The summed E-state index contributed by atoms with van der Waals surface area (Å²) in [6.07, 6.45) is 7.72. The molecule has 7 heteroatoms. The second-order valence-corrected chi connectivity index (χ2v) is 7.22. The van der Waals surface area contributed by atoms with Crippen LogP contribution in [0.25, 0.3) is 10.9 Å². The van der Waals surface area contributed by atoms with E-state index in [0.29, 0.717) is 0 Å². The van der Waals surface area contributed by atoms with Crippen molar-refractivity contribution in [2.75, 3.05) is 26.2 Å². The van der Waals surface area contributed by atoms with Crippen molar-refractivity contribution in [1.29, 1.82) is 0 Å². The minimum absolute atomic E-state index is 0.853. The van der Waals surface area contributed by atoms with Gasteiger partial charge in [-0.3, -0.25) is 4.90 Å². The summed E-state index contributed by atoms with van der Waals surface area (Å²) in [5, 5.41) is 16.2. The highest BCUT2D eigenvalue weighted by molar-refractivity contribution is 6.27. The zero-order valence-electron chi connectivity index (χ0n) is 15.4. The Labute approximate surface area is 158 Å². The van der Waals surface area contributed by atoms with Crippen LogP contribution >= 0.6 is 0 Å². The second-order valence-electron chi connectivity index (χ2n) is 7.22. The van der Waals surface area contributed by atoms with E-state index in [4.69, 9.17) is 19.8 Å². The van der Waals surface area contributed by atoms with Gasteiger partial charge in [0.2, 0.25) is 0 Å². The van der Waals surface area contributed by atoms with E-state index >= 15 is 0 Å². The fourth-order valence-electron chi connectivity index (χ4n) is 4.05. The van der Waals surface area contributed by atoms with E-state index in [0.717, 1.165) is 12.6 Å². The molecule has 2 aromatic rings. The fourth-order valence-corrected chi connectivity index (χ4v) is 4.05. The molecule has 4 rings (SSSR count). The first-order valence-electron chi connectivity index (χ1n) is 9.52. The molecular formula is C20H27N3O4. The van der Waals surface area contributed by atoms with Crippen LogP contribution in [0.5, 0.6) is 0 Å². The van der Waals surface area contributed by atoms with Crippen LogP contribution in [-0.4, -0.2) is 69.2 Å². The summed E-state index contributed by atoms with van der Waals surface area (Å²) in [5.41, 5.74) is 2.71. The average molecular weight is 373 g/mol. The predicted molar refractivity (Wildman–Crippen MR) is 103 cm³/mol. The number of aliphatic carboxylic acids is 2. The summed E-state index contributed by atoms with van der Waals surface area (Å²) in [7, 11) is 0. The molecule has 7 nitrogen and oxygen atoms in total. The number of H-pyrrole nitrogens is 1. The summed E-state index contributed by atoms with van der Waals surface area (Å²) in [5.74, 6) is -3.65. The van der Waals surface area contributed by atoms with Crippen molar-refractivity contribution >= 4 is 22.8 Å². The van der Waals surface area contributed by atoms with Crippen LogP contribution in [0.4, 0.5) is 0 Å². The first-order valence-corrected chi connectivity index (χ1v) is 9.52. The van der Waals surface area contributed by atoms with Gasteiger partial charge in [0.25, 0.3) is 0 Å². The molecule has 27 heavy (non-hydrogen) atoms. The standard InChI is InChI=1S/C18H25N3.C2H2O4/c1-2-6-18-17(5-1)15(13-19-18)14-20-11-7-16(8-12-20)21-9-3-4-10-21;3-1(4)2(5)6/h1-2,5-6,13,16,19H,3-4,7-12,14H2;(H,3,4)(H,5,6). The maximum atomic E-state index is 9.10. The highest BCUT2D eigenvalue weighted by Crippen LogP contribution is 2.24. The largest absolute Gasteiger partial charge is 0.473 e. The molecule has 2 aliphatic rings. The molecular weight excluding hydrogens is 346 g/mol. The predicted octanol–water partition coefficient (Wildman–Crippen LogP) is 2.38. The third-order valence-electron chi connectivity index (χ3n) is 5.47. The SMILES string of the molecule is O=C(O)C(=O)O.c1ccc2c(CN3CCC(N4CCCC4)CC3)c[nH]c2c1. The molecule has 0 radical (unpaired) electrons. The van der Waals surface area contributed by atoms with Gasteiger partial charge in [0.15, 0.2) is 0 Å². The summed E-state index contributed by atoms with van der Waals surface area (Å²) >= 11 is 0. The summed E-state index contributed by atoms with van der Waals surface area (Å²) in [6, 6.07) is 9.49. The Balaban J connectivity index is 0.000000307. The van der Waals surface area contributed by atoms with Gasteiger partial charge in [-0.2, -0.15) is 0 Å². The van der Waals surface area contributed by atoms with Crippen LogP contribution in [0.15, 0.2) is 30.5 Å². The molecule has 0 spiro atoms. The van der Waals surface area contributed by atoms with Gasteiger partial charge in [-0.15, -0.1) is 0 Å². The van der Waals surface area contributed by atoms with Crippen molar-refractivity contribution in [3.8, 4) is 0 Å². The van der Waals surface area contributed by atoms with E-state index in [1.807, 2.05) is 0 Å². The third kappa shape index (κ3) is 5.08. The smallest absolute Gasteiger partial charge is 0.414 e. The molecule has 2 fully saturated rings. The topological polar surface area (TPSA) is 96.9 Å². The van der Waals surface area contributed by atoms with Crippen molar-refractivity contribution in [1.82, 2.24) is 14.8 Å². The number of carboxylic acid groups (broad SMARTS) is 2. The van der Waals surface area contributed by atoms with Crippen LogP contribution in [0, 0.1) is 0 Å². The number of carboxylic acids is 2. The minimum atomic E-state index is -1.82. The van der Waals surface area contributed by atoms with E-state index in [2.05, 4.69) is 45.2 Å². The number of aromatic nitrogens is 1. The highest BCUT2D eigenvalue weighted by atomic mass is 16.4. The molecule has 0 amide bonds. The van der Waals surface area contributed by atoms with Crippen molar-refractivity contribution < 1.29 is 19.8 Å². The number of benzene rings is 1. The zero-order valence-corrected chi connectivity index (χ0v) is 15.4. The van der Waals surface area contributed by atoms with Gasteiger partial charge >= 0.3 is 11.9 Å². The lowest BCUT2D eigenvalue weighted by Crippen LogP contribution is -2.43. The Bertz CT molecular complexity index is 762. The summed E-state index contributed by atoms with van der Waals surface area (Å²) in [6.45, 7) is 6.28. The Morgan fingerprint density at radius 2 is 1.63 bits per heavy atom. The number of aromatic amines is 1. The quantitative estimate of drug-likeness (QED) is 0.715. The van der Waals surface area contributed by atoms with Crippen LogP contribution in [0.1, 0.15) is 31.2 Å². The van der Waals surface area contributed by atoms with Gasteiger partial charge in [0, 0.05) is 29.7 Å². The molecule has 2 saturated heterocycles. The van der Waals surface area contributed by atoms with Gasteiger partial charge in [0.05, 0.1) is 0 Å². The molecule has 3 N–H and O–H groups in total. The Kier molecular flexibility index (Phi) is 6.47. The Morgan fingerprint density at radius 1 is 1.00 bits per heavy atom. The average Bonchev–Trinajstić information content (AvgIpc) is 3.34. The van der Waals surface area contributed by atoms with E-state index in [9.17, 15) is 0 Å². The molecule has 2 aliphatic heterocycles. The number of hydrogen-bond acceptors (Lipinski definition) is 4. The van der Waals surface area contributed by atoms with Crippen molar-refractivity contribution in [3.63, 3.8) is 0 Å². The third-order valence-corrected chi connectivity index (χ3v) is 5.47. The number of nitrogens with zero attached hydrogens (tertiary/aromatic N) is 2. The van der Waals surface area contributed by atoms with Gasteiger partial charge < -0.3 is 20.1 Å². The number of rotatable bonds is 3. The molecule has 0 atom stereocenters. The maximum absolute atomic E-state index is 9.10. The number of fused-ring (bicyclic) bond motifs is 1. The van der Waals surface area contributed by atoms with E-state index in [-0.39, 0.29) is 0 Å². The maximum Gasteiger partial charge on any atom is 0.414 e. The Morgan fingerprint density at radius 3 is 2.26 bits per heavy atom. The van der Waals surface area contributed by atoms with Gasteiger partial charge in [-0.1, -0.05) is 18.2 Å². The first kappa shape index (κ1) is 19.4. The lowest BCUT2D eigenvalue weighted by molar-refractivity contribution is -0.159. The second kappa shape index (κ2) is 9.01. The number of likely N-dealkylation sites (tertiary alicyclic amines) is 2. The van der Waals surface area contributed by atoms with Gasteiger partial charge in [0.1, 0.15) is 0 Å². The molecule has 0 saturated carbocycles. The summed E-state index contributed by atoms with van der Waals surface area (Å²) < 4.78 is 0. The zero-order chi connectivity index (χ0) is 19.2. The van der Waals surface area contributed by atoms with Crippen molar-refractivity contribution in [3.05, 3.63) is 36.0 Å². The van der Waals surface area contributed by atoms with E-state index in [1.165, 1.54) is 68.3 Å². The molecule has 1 aromatic heterocycles. The number of nitrogens with one attached hydrogen (secondary N) is 1. The number of hydrogen-bond donors (Lipinski definition) is 3. The van der Waals surface area contributed by atoms with Crippen LogP contribution < -0.4 is 0 Å². The fraction of sp³-hybridized carbons (Fsp3) is 0.500. The lowest BCUT2D eigenvalue weighted by Gasteiger charge is -2.36. The monoisotopic (exact) mass is 373 g/mol. The highest BCUT2D eigenvalue weighted by Gasteiger charge is 2.26. The molecule has 0 aliphatic carbocycles. The van der Waals surface area contributed by atoms with Crippen molar-refractivity contribution in [2.45, 2.75) is 38.3 Å². The molecule has 0 bridgehead atoms. The van der Waals surface area contributed by atoms with Crippen LogP contribution in [0.2, 0.25) is 0 Å². The Hall–Kier alpha value is -2.38. The van der Waals surface area contributed by atoms with Crippen LogP contribution in [0.3, 0.4) is 0 Å². The molecule has 146 valence electrons. The summed E-state index contributed by atoms with van der Waals surface area (Å²) in [4.78, 5) is 26.9. The number of piperidine rings is 1. The number of carbonyl (C=O) groups is 2. The molecule has 1 aromatic carbocycles. The van der Waals surface area contributed by atoms with Crippen molar-refractivity contribution in [2.24, 2.45) is 0 Å².